The summed E-state index contributed by atoms with van der Waals surface area (Å²) in [4.78, 5) is 12.2. The van der Waals surface area contributed by atoms with Crippen LogP contribution in [-0.2, 0) is 15.6 Å². The van der Waals surface area contributed by atoms with Gasteiger partial charge in [-0.15, -0.1) is 0 Å². The van der Waals surface area contributed by atoms with Gasteiger partial charge >= 0.3 is 0 Å². The molecule has 1 aliphatic carbocycles. The van der Waals surface area contributed by atoms with Crippen LogP contribution in [0.15, 0.2) is 33.6 Å². The minimum absolute atomic E-state index is 0.149. The first-order valence-corrected chi connectivity index (χ1v) is 6.88. The quantitative estimate of drug-likeness (QED) is 0.838. The van der Waals surface area contributed by atoms with Crippen molar-refractivity contribution in [2.45, 2.75) is 29.4 Å². The zero-order valence-electron chi connectivity index (χ0n) is 8.11. The highest BCUT2D eigenvalue weighted by molar-refractivity contribution is 9.10. The average Bonchev–Trinajstić information content (AvgIpc) is 2.65. The summed E-state index contributed by atoms with van der Waals surface area (Å²) in [6.07, 6.45) is 2.24. The molecule has 80 valence electrons. The molecular formula is C11H11BrO2S. The Kier molecular flexibility index (Phi) is 3.36. The van der Waals surface area contributed by atoms with E-state index in [-0.39, 0.29) is 11.0 Å². The fourth-order valence-corrected chi connectivity index (χ4v) is 3.48. The van der Waals surface area contributed by atoms with E-state index < -0.39 is 10.8 Å². The lowest BCUT2D eigenvalue weighted by molar-refractivity contribution is -0.117. The van der Waals surface area contributed by atoms with E-state index in [1.165, 1.54) is 0 Å². The molecule has 2 nitrogen and oxygen atoms in total. The molecule has 0 radical (unpaired) electrons. The van der Waals surface area contributed by atoms with Crippen molar-refractivity contribution in [3.05, 3.63) is 28.7 Å². The number of hydrogen-bond acceptors (Lipinski definition) is 2. The minimum Gasteiger partial charge on any atom is -0.298 e. The molecule has 0 N–H and O–H groups in total. The van der Waals surface area contributed by atoms with Crippen molar-refractivity contribution >= 4 is 32.5 Å². The van der Waals surface area contributed by atoms with Crippen LogP contribution in [0.5, 0.6) is 0 Å². The number of Topliss-reactive ketones (excluding diaryl/α,β-unsaturated/α-hetero) is 1. The van der Waals surface area contributed by atoms with Crippen molar-refractivity contribution in [3.63, 3.8) is 0 Å². The molecule has 1 aromatic carbocycles. The average molecular weight is 287 g/mol. The summed E-state index contributed by atoms with van der Waals surface area (Å²) >= 11 is 3.32. The molecule has 15 heavy (non-hydrogen) atoms. The zero-order valence-corrected chi connectivity index (χ0v) is 10.5. The van der Waals surface area contributed by atoms with E-state index in [1.54, 1.807) is 0 Å². The van der Waals surface area contributed by atoms with Crippen molar-refractivity contribution in [2.75, 3.05) is 0 Å². The maximum Gasteiger partial charge on any atom is 0.148 e. The van der Waals surface area contributed by atoms with E-state index in [9.17, 15) is 9.00 Å². The van der Waals surface area contributed by atoms with Gasteiger partial charge in [0.25, 0.3) is 0 Å². The van der Waals surface area contributed by atoms with Crippen molar-refractivity contribution < 1.29 is 9.00 Å². The molecule has 1 aromatic rings. The maximum atomic E-state index is 12.0. The number of ketones is 1. The largest absolute Gasteiger partial charge is 0.298 e. The molecule has 4 heteroatoms. The van der Waals surface area contributed by atoms with Gasteiger partial charge < -0.3 is 0 Å². The first-order valence-electron chi connectivity index (χ1n) is 4.87. The molecule has 2 unspecified atom stereocenters. The Bertz CT molecular complexity index is 400. The van der Waals surface area contributed by atoms with Crippen LogP contribution >= 0.6 is 15.9 Å². The molecule has 0 aromatic heterocycles. The molecule has 0 heterocycles. The second kappa shape index (κ2) is 4.58. The number of carbonyl (C=O) groups excluding carboxylic acids is 1. The third kappa shape index (κ3) is 2.37. The summed E-state index contributed by atoms with van der Waals surface area (Å²) in [6, 6.07) is 7.33. The molecule has 1 saturated carbocycles. The Hall–Kier alpha value is -0.480. The van der Waals surface area contributed by atoms with E-state index in [0.29, 0.717) is 6.42 Å². The highest BCUT2D eigenvalue weighted by Crippen LogP contribution is 2.24. The van der Waals surface area contributed by atoms with Crippen molar-refractivity contribution in [2.24, 2.45) is 0 Å². The van der Waals surface area contributed by atoms with Gasteiger partial charge in [0.1, 0.15) is 5.78 Å². The van der Waals surface area contributed by atoms with Crippen LogP contribution in [0.4, 0.5) is 0 Å². The smallest absolute Gasteiger partial charge is 0.148 e. The number of halogens is 1. The first-order chi connectivity index (χ1) is 7.18. The third-order valence-electron chi connectivity index (χ3n) is 2.55. The summed E-state index contributed by atoms with van der Waals surface area (Å²) in [5, 5.41) is -0.272. The third-order valence-corrected chi connectivity index (χ3v) is 4.83. The van der Waals surface area contributed by atoms with Crippen LogP contribution < -0.4 is 0 Å². The van der Waals surface area contributed by atoms with Crippen molar-refractivity contribution in [1.29, 1.82) is 0 Å². The molecule has 1 fully saturated rings. The monoisotopic (exact) mass is 286 g/mol. The van der Waals surface area contributed by atoms with Gasteiger partial charge in [-0.3, -0.25) is 9.00 Å². The minimum atomic E-state index is -1.17. The maximum absolute atomic E-state index is 12.0. The summed E-state index contributed by atoms with van der Waals surface area (Å²) in [6.45, 7) is 0. The van der Waals surface area contributed by atoms with Gasteiger partial charge in [0, 0.05) is 15.8 Å². The summed E-state index contributed by atoms with van der Waals surface area (Å²) in [5.41, 5.74) is 0. The lowest BCUT2D eigenvalue weighted by Crippen LogP contribution is -2.19. The Morgan fingerprint density at radius 3 is 2.47 bits per heavy atom. The number of rotatable bonds is 2. The second-order valence-corrected chi connectivity index (χ2v) is 6.15. The van der Waals surface area contributed by atoms with Crippen LogP contribution in [0.2, 0.25) is 0 Å². The highest BCUT2D eigenvalue weighted by atomic mass is 79.9. The normalized spacial score (nSPS) is 23.0. The van der Waals surface area contributed by atoms with Crippen LogP contribution in [0.3, 0.4) is 0 Å². The summed E-state index contributed by atoms with van der Waals surface area (Å²) in [5.74, 6) is 0.149. The summed E-state index contributed by atoms with van der Waals surface area (Å²) in [7, 11) is -1.17. The molecular weight excluding hydrogens is 276 g/mol. The van der Waals surface area contributed by atoms with Crippen LogP contribution in [-0.4, -0.2) is 15.2 Å². The Morgan fingerprint density at radius 1 is 1.27 bits per heavy atom. The van der Waals surface area contributed by atoms with E-state index in [0.717, 1.165) is 22.2 Å². The van der Waals surface area contributed by atoms with Gasteiger partial charge in [0.05, 0.1) is 16.0 Å². The van der Waals surface area contributed by atoms with Gasteiger partial charge in [-0.1, -0.05) is 15.9 Å². The molecule has 0 spiro atoms. The second-order valence-electron chi connectivity index (χ2n) is 3.60. The fourth-order valence-electron chi connectivity index (χ4n) is 1.74. The molecule has 0 aliphatic heterocycles. The lowest BCUT2D eigenvalue weighted by atomic mass is 10.3. The lowest BCUT2D eigenvalue weighted by Gasteiger charge is -2.07. The molecule has 2 atom stereocenters. The van der Waals surface area contributed by atoms with Crippen LogP contribution in [0, 0.1) is 0 Å². The van der Waals surface area contributed by atoms with Gasteiger partial charge in [-0.05, 0) is 37.1 Å². The van der Waals surface area contributed by atoms with Gasteiger partial charge in [-0.25, -0.2) is 0 Å². The topological polar surface area (TPSA) is 34.1 Å². The van der Waals surface area contributed by atoms with Gasteiger partial charge in [0.15, 0.2) is 0 Å². The van der Waals surface area contributed by atoms with E-state index in [4.69, 9.17) is 0 Å². The SMILES string of the molecule is O=C1CCCC1S(=O)c1ccc(Br)cc1. The number of hydrogen-bond donors (Lipinski definition) is 0. The fraction of sp³-hybridized carbons (Fsp3) is 0.364. The van der Waals surface area contributed by atoms with Gasteiger partial charge in [-0.2, -0.15) is 0 Å². The van der Waals surface area contributed by atoms with Gasteiger partial charge in [0.2, 0.25) is 0 Å². The Morgan fingerprint density at radius 2 is 1.93 bits per heavy atom. The predicted molar refractivity (Wildman–Crippen MR) is 63.2 cm³/mol. The highest BCUT2D eigenvalue weighted by Gasteiger charge is 2.30. The first kappa shape index (κ1) is 11.0. The van der Waals surface area contributed by atoms with E-state index in [2.05, 4.69) is 15.9 Å². The molecule has 0 amide bonds. The molecule has 0 bridgehead atoms. The van der Waals surface area contributed by atoms with Crippen molar-refractivity contribution in [3.8, 4) is 0 Å². The van der Waals surface area contributed by atoms with Crippen molar-refractivity contribution in [1.82, 2.24) is 0 Å². The standard InChI is InChI=1S/C11H11BrO2S/c12-8-4-6-9(7-5-8)15(14)11-3-1-2-10(11)13/h4-7,11H,1-3H2. The summed E-state index contributed by atoms with van der Waals surface area (Å²) < 4.78 is 13.0. The molecule has 2 rings (SSSR count). The Balaban J connectivity index is 2.20. The van der Waals surface area contributed by atoms with E-state index in [1.807, 2.05) is 24.3 Å². The molecule has 0 saturated heterocycles. The number of carbonyl (C=O) groups is 1. The predicted octanol–water partition coefficient (Wildman–Crippen LogP) is 2.68. The zero-order chi connectivity index (χ0) is 10.8. The van der Waals surface area contributed by atoms with Crippen LogP contribution in [0.1, 0.15) is 19.3 Å². The van der Waals surface area contributed by atoms with E-state index >= 15 is 0 Å². The molecule has 1 aliphatic rings. The Labute approximate surface area is 99.7 Å². The number of benzene rings is 1. The van der Waals surface area contributed by atoms with Crippen LogP contribution in [0.25, 0.3) is 0 Å².